The summed E-state index contributed by atoms with van der Waals surface area (Å²) >= 11 is 0. The van der Waals surface area contributed by atoms with Gasteiger partial charge in [0.05, 0.1) is 0 Å². The molecule has 0 saturated carbocycles. The summed E-state index contributed by atoms with van der Waals surface area (Å²) in [6, 6.07) is 28.4. The van der Waals surface area contributed by atoms with E-state index >= 15 is 0 Å². The predicted octanol–water partition coefficient (Wildman–Crippen LogP) is 5.19. The first-order valence-corrected chi connectivity index (χ1v) is 10.0. The fourth-order valence-corrected chi connectivity index (χ4v) is 4.40. The fraction of sp³-hybridized carbons (Fsp3) is 0.240. The summed E-state index contributed by atoms with van der Waals surface area (Å²) in [4.78, 5) is 14.8. The second-order valence-electron chi connectivity index (χ2n) is 7.48. The molecule has 2 atom stereocenters. The Morgan fingerprint density at radius 2 is 1.46 bits per heavy atom. The van der Waals surface area contributed by atoms with Gasteiger partial charge in [0.25, 0.3) is 0 Å². The second-order valence-corrected chi connectivity index (χ2v) is 7.48. The van der Waals surface area contributed by atoms with Gasteiger partial charge in [0.2, 0.25) is 5.91 Å². The Labute approximate surface area is 166 Å². The molecule has 0 bridgehead atoms. The highest BCUT2D eigenvalue weighted by Crippen LogP contribution is 2.38. The van der Waals surface area contributed by atoms with Gasteiger partial charge in [0.15, 0.2) is 0 Å². The Kier molecular flexibility index (Phi) is 5.43. The van der Waals surface area contributed by atoms with Crippen molar-refractivity contribution in [2.75, 3.05) is 4.90 Å². The number of carbonyl (C=O) groups excluding carboxylic acids is 1. The molecule has 2 N–H and O–H groups in total. The summed E-state index contributed by atoms with van der Waals surface area (Å²) in [5.74, 6) is 0.0631. The van der Waals surface area contributed by atoms with Gasteiger partial charge in [0, 0.05) is 11.4 Å². The highest BCUT2D eigenvalue weighted by Gasteiger charge is 2.31. The van der Waals surface area contributed by atoms with Crippen LogP contribution in [0.2, 0.25) is 0 Å². The number of fused-ring (bicyclic) bond motifs is 1. The monoisotopic (exact) mass is 370 g/mol. The topological polar surface area (TPSA) is 46.3 Å². The number of nitrogens with zero attached hydrogens (tertiary/aromatic N) is 1. The molecular weight excluding hydrogens is 344 g/mol. The van der Waals surface area contributed by atoms with Crippen LogP contribution in [0.3, 0.4) is 0 Å². The lowest BCUT2D eigenvalue weighted by atomic mass is 9.79. The van der Waals surface area contributed by atoms with E-state index in [2.05, 4.69) is 29.2 Å². The number of hydrogen-bond acceptors (Lipinski definition) is 2. The van der Waals surface area contributed by atoms with E-state index in [4.69, 9.17) is 5.73 Å². The molecular formula is C25H26N2O. The molecule has 0 fully saturated rings. The molecule has 4 rings (SSSR count). The van der Waals surface area contributed by atoms with Gasteiger partial charge < -0.3 is 10.6 Å². The van der Waals surface area contributed by atoms with Crippen molar-refractivity contribution in [3.63, 3.8) is 0 Å². The Morgan fingerprint density at radius 1 is 0.893 bits per heavy atom. The Bertz CT molecular complexity index is 884. The molecule has 3 aromatic carbocycles. The number of carbonyl (C=O) groups is 1. The van der Waals surface area contributed by atoms with E-state index in [1.165, 1.54) is 11.1 Å². The molecule has 3 heteroatoms. The number of benzene rings is 3. The van der Waals surface area contributed by atoms with Crippen LogP contribution in [0, 0.1) is 0 Å². The lowest BCUT2D eigenvalue weighted by Gasteiger charge is -2.35. The van der Waals surface area contributed by atoms with Crippen LogP contribution >= 0.6 is 0 Å². The van der Waals surface area contributed by atoms with Gasteiger partial charge in [-0.15, -0.1) is 0 Å². The van der Waals surface area contributed by atoms with Gasteiger partial charge in [-0.3, -0.25) is 4.79 Å². The van der Waals surface area contributed by atoms with Crippen molar-refractivity contribution >= 4 is 17.3 Å². The first kappa shape index (κ1) is 18.3. The predicted molar refractivity (Wildman–Crippen MR) is 115 cm³/mol. The zero-order valence-corrected chi connectivity index (χ0v) is 16.0. The van der Waals surface area contributed by atoms with E-state index in [0.29, 0.717) is 5.92 Å². The van der Waals surface area contributed by atoms with Crippen molar-refractivity contribution < 1.29 is 4.79 Å². The number of rotatable bonds is 6. The molecule has 0 aromatic heterocycles. The smallest absolute Gasteiger partial charge is 0.240 e. The summed E-state index contributed by atoms with van der Waals surface area (Å²) in [7, 11) is 0. The Hall–Kier alpha value is -3.07. The molecule has 3 aromatic rings. The minimum atomic E-state index is -0.402. The lowest BCUT2D eigenvalue weighted by molar-refractivity contribution is -0.119. The summed E-state index contributed by atoms with van der Waals surface area (Å²) in [6.07, 6.45) is 4.09. The third-order valence-electron chi connectivity index (χ3n) is 5.71. The van der Waals surface area contributed by atoms with Crippen LogP contribution in [0.5, 0.6) is 0 Å². The van der Waals surface area contributed by atoms with Crippen molar-refractivity contribution in [2.45, 2.75) is 37.6 Å². The standard InChI is InChI=1S/C25H26N2O/c26-25(28)24(18-20-12-9-11-19-10-7-8-17-23(19)20)27(21-13-3-1-4-14-21)22-15-5-2-6-16-22/h1-8,10,13-17,20,24H,9,11-12,18H2,(H2,26,28). The SMILES string of the molecule is NC(=O)C(CC1CCCc2ccccc21)N(c1ccccc1)c1ccccc1. The Balaban J connectivity index is 1.72. The zero-order chi connectivity index (χ0) is 19.3. The van der Waals surface area contributed by atoms with E-state index in [9.17, 15) is 4.79 Å². The molecule has 1 aliphatic carbocycles. The van der Waals surface area contributed by atoms with E-state index in [1.54, 1.807) is 0 Å². The molecule has 0 radical (unpaired) electrons. The second kappa shape index (κ2) is 8.30. The molecule has 28 heavy (non-hydrogen) atoms. The van der Waals surface area contributed by atoms with Crippen molar-refractivity contribution in [1.82, 2.24) is 0 Å². The van der Waals surface area contributed by atoms with E-state index < -0.39 is 6.04 Å². The van der Waals surface area contributed by atoms with Gasteiger partial charge in [-0.05, 0) is 67.0 Å². The number of nitrogens with two attached hydrogens (primary N) is 1. The maximum atomic E-state index is 12.7. The lowest BCUT2D eigenvalue weighted by Crippen LogP contribution is -2.43. The van der Waals surface area contributed by atoms with Gasteiger partial charge in [0.1, 0.15) is 6.04 Å². The average molecular weight is 370 g/mol. The summed E-state index contributed by atoms with van der Waals surface area (Å²) in [6.45, 7) is 0. The molecule has 142 valence electrons. The third-order valence-corrected chi connectivity index (χ3v) is 5.71. The molecule has 3 nitrogen and oxygen atoms in total. The van der Waals surface area contributed by atoms with E-state index in [1.807, 2.05) is 60.7 Å². The zero-order valence-electron chi connectivity index (χ0n) is 16.0. The highest BCUT2D eigenvalue weighted by molar-refractivity contribution is 5.87. The molecule has 2 unspecified atom stereocenters. The average Bonchev–Trinajstić information content (AvgIpc) is 2.75. The molecule has 0 spiro atoms. The van der Waals surface area contributed by atoms with Gasteiger partial charge in [-0.25, -0.2) is 0 Å². The van der Waals surface area contributed by atoms with Crippen LogP contribution in [0.4, 0.5) is 11.4 Å². The third kappa shape index (κ3) is 3.79. The maximum absolute atomic E-state index is 12.7. The van der Waals surface area contributed by atoms with Gasteiger partial charge >= 0.3 is 0 Å². The first-order valence-electron chi connectivity index (χ1n) is 10.0. The summed E-state index contributed by atoms with van der Waals surface area (Å²) < 4.78 is 0. The van der Waals surface area contributed by atoms with Gasteiger partial charge in [-0.1, -0.05) is 60.7 Å². The van der Waals surface area contributed by atoms with Crippen molar-refractivity contribution in [2.24, 2.45) is 5.73 Å². The summed E-state index contributed by atoms with van der Waals surface area (Å²) in [5, 5.41) is 0. The largest absolute Gasteiger partial charge is 0.368 e. The first-order chi connectivity index (χ1) is 13.7. The number of aryl methyl sites for hydroxylation is 1. The van der Waals surface area contributed by atoms with E-state index in [-0.39, 0.29) is 5.91 Å². The minimum Gasteiger partial charge on any atom is -0.368 e. The van der Waals surface area contributed by atoms with Crippen LogP contribution in [0.25, 0.3) is 0 Å². The molecule has 1 aliphatic rings. The highest BCUT2D eigenvalue weighted by atomic mass is 16.1. The molecule has 0 saturated heterocycles. The van der Waals surface area contributed by atoms with Crippen LogP contribution < -0.4 is 10.6 Å². The number of hydrogen-bond donors (Lipinski definition) is 1. The number of primary amides is 1. The van der Waals surface area contributed by atoms with Crippen LogP contribution in [0.1, 0.15) is 36.3 Å². The maximum Gasteiger partial charge on any atom is 0.240 e. The quantitative estimate of drug-likeness (QED) is 0.649. The fourth-order valence-electron chi connectivity index (χ4n) is 4.40. The van der Waals surface area contributed by atoms with Crippen LogP contribution in [0.15, 0.2) is 84.9 Å². The number of amides is 1. The van der Waals surface area contributed by atoms with Crippen LogP contribution in [-0.2, 0) is 11.2 Å². The van der Waals surface area contributed by atoms with Gasteiger partial charge in [-0.2, -0.15) is 0 Å². The van der Waals surface area contributed by atoms with Crippen LogP contribution in [-0.4, -0.2) is 11.9 Å². The van der Waals surface area contributed by atoms with Crippen molar-refractivity contribution in [3.8, 4) is 0 Å². The minimum absolute atomic E-state index is 0.282. The number of anilines is 2. The summed E-state index contributed by atoms with van der Waals surface area (Å²) in [5.41, 5.74) is 10.7. The molecule has 0 heterocycles. The van der Waals surface area contributed by atoms with Crippen molar-refractivity contribution in [1.29, 1.82) is 0 Å². The normalized spacial score (nSPS) is 16.8. The molecule has 1 amide bonds. The molecule has 0 aliphatic heterocycles. The number of para-hydroxylation sites is 2. The van der Waals surface area contributed by atoms with E-state index in [0.717, 1.165) is 37.1 Å². The Morgan fingerprint density at radius 3 is 2.07 bits per heavy atom. The van der Waals surface area contributed by atoms with Crippen molar-refractivity contribution in [3.05, 3.63) is 96.1 Å².